The number of fused-ring (bicyclic) bond motifs is 1. The summed E-state index contributed by atoms with van der Waals surface area (Å²) in [4.78, 5) is 4.32. The summed E-state index contributed by atoms with van der Waals surface area (Å²) in [5.41, 5.74) is 7.08. The highest BCUT2D eigenvalue weighted by Crippen LogP contribution is 2.39. The van der Waals surface area contributed by atoms with E-state index in [0.29, 0.717) is 6.04 Å². The summed E-state index contributed by atoms with van der Waals surface area (Å²) >= 11 is 1.70. The Hall–Kier alpha value is -1.87. The van der Waals surface area contributed by atoms with Gasteiger partial charge in [0.15, 0.2) is 0 Å². The van der Waals surface area contributed by atoms with Crippen LogP contribution < -0.4 is 5.32 Å². The van der Waals surface area contributed by atoms with Gasteiger partial charge in [0, 0.05) is 11.7 Å². The first-order valence-corrected chi connectivity index (χ1v) is 8.32. The highest BCUT2D eigenvalue weighted by atomic mass is 32.1. The second-order valence-electron chi connectivity index (χ2n) is 5.96. The van der Waals surface area contributed by atoms with Gasteiger partial charge in [-0.1, -0.05) is 29.8 Å². The SMILES string of the molecule is Cc1cccc(C2CC(Nc3ccc4ncsc4c3)C2)c1. The third-order valence-corrected chi connectivity index (χ3v) is 5.15. The van der Waals surface area contributed by atoms with Crippen molar-refractivity contribution < 1.29 is 0 Å². The molecule has 0 saturated heterocycles. The Bertz CT molecular complexity index is 771. The second-order valence-corrected chi connectivity index (χ2v) is 6.84. The van der Waals surface area contributed by atoms with Crippen LogP contribution in [0.2, 0.25) is 0 Å². The summed E-state index contributed by atoms with van der Waals surface area (Å²) in [6, 6.07) is 16.0. The highest BCUT2D eigenvalue weighted by molar-refractivity contribution is 7.16. The molecule has 1 saturated carbocycles. The van der Waals surface area contributed by atoms with E-state index in [-0.39, 0.29) is 0 Å². The normalized spacial score (nSPS) is 21.2. The molecule has 3 aromatic rings. The van der Waals surface area contributed by atoms with E-state index in [9.17, 15) is 0 Å². The van der Waals surface area contributed by atoms with Crippen molar-refractivity contribution in [3.05, 3.63) is 59.1 Å². The van der Waals surface area contributed by atoms with Gasteiger partial charge in [0.05, 0.1) is 15.7 Å². The molecular weight excluding hydrogens is 276 g/mol. The van der Waals surface area contributed by atoms with E-state index in [4.69, 9.17) is 0 Å². The maximum Gasteiger partial charge on any atom is 0.0813 e. The van der Waals surface area contributed by atoms with E-state index in [1.54, 1.807) is 11.3 Å². The minimum absolute atomic E-state index is 0.598. The minimum Gasteiger partial charge on any atom is -0.382 e. The smallest absolute Gasteiger partial charge is 0.0813 e. The molecule has 1 fully saturated rings. The lowest BCUT2D eigenvalue weighted by Gasteiger charge is -2.37. The first-order valence-electron chi connectivity index (χ1n) is 7.44. The van der Waals surface area contributed by atoms with Gasteiger partial charge in [-0.15, -0.1) is 11.3 Å². The van der Waals surface area contributed by atoms with Gasteiger partial charge in [-0.2, -0.15) is 0 Å². The molecule has 0 atom stereocenters. The number of aryl methyl sites for hydroxylation is 1. The monoisotopic (exact) mass is 294 g/mol. The fourth-order valence-electron chi connectivity index (χ4n) is 3.11. The molecule has 1 aromatic heterocycles. The lowest BCUT2D eigenvalue weighted by atomic mass is 9.75. The molecule has 0 amide bonds. The summed E-state index contributed by atoms with van der Waals surface area (Å²) < 4.78 is 1.26. The fourth-order valence-corrected chi connectivity index (χ4v) is 3.83. The first-order chi connectivity index (χ1) is 10.3. The maximum atomic E-state index is 4.32. The van der Waals surface area contributed by atoms with Gasteiger partial charge in [0.25, 0.3) is 0 Å². The highest BCUT2D eigenvalue weighted by Gasteiger charge is 2.30. The van der Waals surface area contributed by atoms with Gasteiger partial charge in [-0.25, -0.2) is 4.98 Å². The average Bonchev–Trinajstić information content (AvgIpc) is 2.89. The Morgan fingerprint density at radius 3 is 2.90 bits per heavy atom. The van der Waals surface area contributed by atoms with Crippen molar-refractivity contribution in [1.82, 2.24) is 4.98 Å². The Balaban J connectivity index is 1.41. The molecule has 1 heterocycles. The van der Waals surface area contributed by atoms with Crippen molar-refractivity contribution in [1.29, 1.82) is 0 Å². The van der Waals surface area contributed by atoms with Crippen molar-refractivity contribution in [3.8, 4) is 0 Å². The lowest BCUT2D eigenvalue weighted by Crippen LogP contribution is -2.33. The van der Waals surface area contributed by atoms with Crippen LogP contribution in [0.15, 0.2) is 48.0 Å². The molecule has 0 bridgehead atoms. The predicted molar refractivity (Wildman–Crippen MR) is 90.2 cm³/mol. The van der Waals surface area contributed by atoms with Crippen LogP contribution in [-0.4, -0.2) is 11.0 Å². The predicted octanol–water partition coefficient (Wildman–Crippen LogP) is 4.96. The Morgan fingerprint density at radius 2 is 2.05 bits per heavy atom. The Kier molecular flexibility index (Phi) is 3.15. The van der Waals surface area contributed by atoms with E-state index in [2.05, 4.69) is 59.7 Å². The van der Waals surface area contributed by atoms with Crippen LogP contribution in [0.1, 0.15) is 29.9 Å². The van der Waals surface area contributed by atoms with E-state index < -0.39 is 0 Å². The summed E-state index contributed by atoms with van der Waals surface area (Å²) in [6.45, 7) is 2.17. The summed E-state index contributed by atoms with van der Waals surface area (Å²) in [7, 11) is 0. The molecule has 3 heteroatoms. The van der Waals surface area contributed by atoms with Crippen LogP contribution in [0.5, 0.6) is 0 Å². The van der Waals surface area contributed by atoms with Crippen LogP contribution in [0.4, 0.5) is 5.69 Å². The second kappa shape index (κ2) is 5.15. The van der Waals surface area contributed by atoms with Crippen LogP contribution in [0.25, 0.3) is 10.2 Å². The molecular formula is C18H18N2S. The van der Waals surface area contributed by atoms with Crippen molar-refractivity contribution in [2.75, 3.05) is 5.32 Å². The summed E-state index contributed by atoms with van der Waals surface area (Å²) in [5.74, 6) is 0.717. The van der Waals surface area contributed by atoms with E-state index >= 15 is 0 Å². The molecule has 1 aliphatic rings. The van der Waals surface area contributed by atoms with Gasteiger partial charge in [0.1, 0.15) is 0 Å². The molecule has 0 spiro atoms. The number of thiazole rings is 1. The number of hydrogen-bond donors (Lipinski definition) is 1. The summed E-state index contributed by atoms with van der Waals surface area (Å²) in [6.07, 6.45) is 2.45. The molecule has 0 aliphatic heterocycles. The van der Waals surface area contributed by atoms with Crippen LogP contribution in [0.3, 0.4) is 0 Å². The van der Waals surface area contributed by atoms with Crippen LogP contribution in [-0.2, 0) is 0 Å². The standard InChI is InChI=1S/C18H18N2S/c1-12-3-2-4-13(7-12)14-8-16(9-14)20-15-5-6-17-18(10-15)21-11-19-17/h2-7,10-11,14,16,20H,8-9H2,1H3. The number of nitrogens with one attached hydrogen (secondary N) is 1. The molecule has 0 unspecified atom stereocenters. The van der Waals surface area contributed by atoms with Crippen molar-refractivity contribution in [2.24, 2.45) is 0 Å². The molecule has 1 aliphatic carbocycles. The number of aromatic nitrogens is 1. The van der Waals surface area contributed by atoms with Gasteiger partial charge in [0.2, 0.25) is 0 Å². The van der Waals surface area contributed by atoms with Gasteiger partial charge < -0.3 is 5.32 Å². The van der Waals surface area contributed by atoms with Gasteiger partial charge in [-0.05, 0) is 49.4 Å². The first kappa shape index (κ1) is 12.8. The zero-order valence-electron chi connectivity index (χ0n) is 12.0. The van der Waals surface area contributed by atoms with Crippen molar-refractivity contribution in [3.63, 3.8) is 0 Å². The number of rotatable bonds is 3. The van der Waals surface area contributed by atoms with Crippen molar-refractivity contribution >= 4 is 27.2 Å². The molecule has 21 heavy (non-hydrogen) atoms. The Morgan fingerprint density at radius 1 is 1.14 bits per heavy atom. The van der Waals surface area contributed by atoms with Crippen LogP contribution >= 0.6 is 11.3 Å². The number of nitrogens with zero attached hydrogens (tertiary/aromatic N) is 1. The maximum absolute atomic E-state index is 4.32. The third-order valence-electron chi connectivity index (χ3n) is 4.35. The van der Waals surface area contributed by atoms with Crippen molar-refractivity contribution in [2.45, 2.75) is 31.7 Å². The summed E-state index contributed by atoms with van der Waals surface area (Å²) in [5, 5.41) is 3.65. The molecule has 106 valence electrons. The molecule has 2 aromatic carbocycles. The van der Waals surface area contributed by atoms with Gasteiger partial charge in [-0.3, -0.25) is 0 Å². The molecule has 0 radical (unpaired) electrons. The Labute approximate surface area is 128 Å². The lowest BCUT2D eigenvalue weighted by molar-refractivity contribution is 0.374. The number of benzene rings is 2. The fraction of sp³-hybridized carbons (Fsp3) is 0.278. The molecule has 2 nitrogen and oxygen atoms in total. The topological polar surface area (TPSA) is 24.9 Å². The molecule has 4 rings (SSSR count). The third kappa shape index (κ3) is 2.54. The molecule has 1 N–H and O–H groups in total. The largest absolute Gasteiger partial charge is 0.382 e. The van der Waals surface area contributed by atoms with E-state index in [1.807, 2.05) is 5.51 Å². The average molecular weight is 294 g/mol. The van der Waals surface area contributed by atoms with E-state index in [1.165, 1.54) is 34.4 Å². The quantitative estimate of drug-likeness (QED) is 0.738. The van der Waals surface area contributed by atoms with E-state index in [0.717, 1.165) is 11.4 Å². The van der Waals surface area contributed by atoms with Gasteiger partial charge >= 0.3 is 0 Å². The number of anilines is 1. The minimum atomic E-state index is 0.598. The van der Waals surface area contributed by atoms with Crippen LogP contribution in [0, 0.1) is 6.92 Å². The zero-order chi connectivity index (χ0) is 14.2. The zero-order valence-corrected chi connectivity index (χ0v) is 12.9. The number of hydrogen-bond acceptors (Lipinski definition) is 3.